The molecule has 1 aliphatic rings. The van der Waals surface area contributed by atoms with E-state index >= 15 is 0 Å². The Kier molecular flexibility index (Phi) is 4.54. The molecule has 18 heavy (non-hydrogen) atoms. The minimum atomic E-state index is -0.176. The largest absolute Gasteiger partial charge is 0.373 e. The topological polar surface area (TPSA) is 21.3 Å². The first-order valence-corrected chi connectivity index (χ1v) is 7.08. The minimum absolute atomic E-state index is 0.132. The molecule has 2 atom stereocenters. The molecule has 100 valence electrons. The van der Waals surface area contributed by atoms with Gasteiger partial charge in [0.1, 0.15) is 0 Å². The fourth-order valence-electron chi connectivity index (χ4n) is 2.70. The van der Waals surface area contributed by atoms with E-state index in [1.807, 2.05) is 25.2 Å². The molecule has 1 aromatic carbocycles. The maximum Gasteiger partial charge on any atom is 0.0848 e. The Morgan fingerprint density at radius 2 is 2.06 bits per heavy atom. The SMILES string of the molecule is CNC(c1ccc(Cl)c(Cl)c1)C1(C)CCCCO1. The number of hydrogen-bond acceptors (Lipinski definition) is 2. The van der Waals surface area contributed by atoms with Crippen molar-refractivity contribution < 1.29 is 4.74 Å². The Morgan fingerprint density at radius 1 is 1.28 bits per heavy atom. The molecule has 0 aliphatic carbocycles. The van der Waals surface area contributed by atoms with Gasteiger partial charge in [0.05, 0.1) is 21.7 Å². The third kappa shape index (κ3) is 2.83. The van der Waals surface area contributed by atoms with E-state index in [2.05, 4.69) is 12.2 Å². The van der Waals surface area contributed by atoms with Crippen molar-refractivity contribution in [1.82, 2.24) is 5.32 Å². The molecule has 1 aliphatic heterocycles. The van der Waals surface area contributed by atoms with Crippen LogP contribution in [0.3, 0.4) is 0 Å². The summed E-state index contributed by atoms with van der Waals surface area (Å²) in [5.74, 6) is 0. The van der Waals surface area contributed by atoms with E-state index < -0.39 is 0 Å². The van der Waals surface area contributed by atoms with Gasteiger partial charge in [-0.2, -0.15) is 0 Å². The molecule has 1 aromatic rings. The molecule has 1 heterocycles. The molecule has 0 spiro atoms. The molecular weight excluding hydrogens is 269 g/mol. The van der Waals surface area contributed by atoms with Gasteiger partial charge in [0.25, 0.3) is 0 Å². The standard InChI is InChI=1S/C14H19Cl2NO/c1-14(7-3-4-8-18-14)13(17-2)10-5-6-11(15)12(16)9-10/h5-6,9,13,17H,3-4,7-8H2,1-2H3. The van der Waals surface area contributed by atoms with Crippen LogP contribution in [0, 0.1) is 0 Å². The van der Waals surface area contributed by atoms with Gasteiger partial charge in [-0.15, -0.1) is 0 Å². The van der Waals surface area contributed by atoms with Gasteiger partial charge in [-0.05, 0) is 50.9 Å². The smallest absolute Gasteiger partial charge is 0.0848 e. The summed E-state index contributed by atoms with van der Waals surface area (Å²) < 4.78 is 6.00. The highest BCUT2D eigenvalue weighted by Crippen LogP contribution is 2.37. The number of nitrogens with one attached hydrogen (secondary N) is 1. The van der Waals surface area contributed by atoms with Crippen molar-refractivity contribution >= 4 is 23.2 Å². The van der Waals surface area contributed by atoms with Crippen molar-refractivity contribution in [3.05, 3.63) is 33.8 Å². The van der Waals surface area contributed by atoms with E-state index in [1.165, 1.54) is 6.42 Å². The fraction of sp³-hybridized carbons (Fsp3) is 0.571. The molecule has 0 aromatic heterocycles. The molecule has 1 saturated heterocycles. The molecule has 1 N–H and O–H groups in total. The van der Waals surface area contributed by atoms with Gasteiger partial charge in [0.2, 0.25) is 0 Å². The van der Waals surface area contributed by atoms with Gasteiger partial charge in [-0.3, -0.25) is 0 Å². The van der Waals surface area contributed by atoms with Crippen LogP contribution in [0.15, 0.2) is 18.2 Å². The van der Waals surface area contributed by atoms with Crippen molar-refractivity contribution in [3.63, 3.8) is 0 Å². The Bertz CT molecular complexity index is 416. The summed E-state index contributed by atoms with van der Waals surface area (Å²) >= 11 is 12.1. The third-order valence-corrected chi connectivity index (χ3v) is 4.41. The number of benzene rings is 1. The quantitative estimate of drug-likeness (QED) is 0.899. The van der Waals surface area contributed by atoms with Crippen molar-refractivity contribution in [3.8, 4) is 0 Å². The molecule has 1 fully saturated rings. The van der Waals surface area contributed by atoms with Crippen LogP contribution < -0.4 is 5.32 Å². The lowest BCUT2D eigenvalue weighted by Gasteiger charge is -2.40. The fourth-order valence-corrected chi connectivity index (χ4v) is 3.01. The van der Waals surface area contributed by atoms with Gasteiger partial charge in [0.15, 0.2) is 0 Å². The number of hydrogen-bond donors (Lipinski definition) is 1. The monoisotopic (exact) mass is 287 g/mol. The van der Waals surface area contributed by atoms with E-state index in [-0.39, 0.29) is 11.6 Å². The van der Waals surface area contributed by atoms with Crippen molar-refractivity contribution in [2.45, 2.75) is 37.8 Å². The maximum absolute atomic E-state index is 6.10. The van der Waals surface area contributed by atoms with Crippen LogP contribution in [0.1, 0.15) is 37.8 Å². The summed E-state index contributed by atoms with van der Waals surface area (Å²) in [7, 11) is 1.95. The highest BCUT2D eigenvalue weighted by molar-refractivity contribution is 6.42. The maximum atomic E-state index is 6.10. The molecule has 2 rings (SSSR count). The van der Waals surface area contributed by atoms with Crippen molar-refractivity contribution in [1.29, 1.82) is 0 Å². The lowest BCUT2D eigenvalue weighted by molar-refractivity contribution is -0.0884. The predicted octanol–water partition coefficient (Wildman–Crippen LogP) is 4.21. The van der Waals surface area contributed by atoms with Crippen LogP contribution >= 0.6 is 23.2 Å². The van der Waals surface area contributed by atoms with Gasteiger partial charge in [-0.1, -0.05) is 29.3 Å². The summed E-state index contributed by atoms with van der Waals surface area (Å²) in [6.45, 7) is 2.99. The zero-order chi connectivity index (χ0) is 13.2. The van der Waals surface area contributed by atoms with Crippen molar-refractivity contribution in [2.75, 3.05) is 13.7 Å². The Hall–Kier alpha value is -0.280. The first-order chi connectivity index (χ1) is 8.57. The average molecular weight is 288 g/mol. The first kappa shape index (κ1) is 14.1. The highest BCUT2D eigenvalue weighted by Gasteiger charge is 2.37. The van der Waals surface area contributed by atoms with E-state index in [9.17, 15) is 0 Å². The first-order valence-electron chi connectivity index (χ1n) is 6.33. The second kappa shape index (κ2) is 5.79. The number of ether oxygens (including phenoxy) is 1. The second-order valence-electron chi connectivity index (χ2n) is 5.01. The Labute approximate surface area is 119 Å². The molecule has 0 amide bonds. The van der Waals surface area contributed by atoms with Crippen LogP contribution in [0.25, 0.3) is 0 Å². The summed E-state index contributed by atoms with van der Waals surface area (Å²) in [6.07, 6.45) is 3.40. The number of halogens is 2. The van der Waals surface area contributed by atoms with Gasteiger partial charge < -0.3 is 10.1 Å². The van der Waals surface area contributed by atoms with E-state index in [1.54, 1.807) is 0 Å². The van der Waals surface area contributed by atoms with Gasteiger partial charge in [-0.25, -0.2) is 0 Å². The lowest BCUT2D eigenvalue weighted by Crippen LogP contribution is -2.44. The Balaban J connectivity index is 2.29. The van der Waals surface area contributed by atoms with Crippen LogP contribution in [-0.2, 0) is 4.74 Å². The second-order valence-corrected chi connectivity index (χ2v) is 5.83. The third-order valence-electron chi connectivity index (χ3n) is 3.68. The number of likely N-dealkylation sites (N-methyl/N-ethyl adjacent to an activating group) is 1. The summed E-state index contributed by atoms with van der Waals surface area (Å²) in [4.78, 5) is 0. The summed E-state index contributed by atoms with van der Waals surface area (Å²) in [6, 6.07) is 5.91. The molecule has 0 bridgehead atoms. The van der Waals surface area contributed by atoms with Crippen LogP contribution in [0.5, 0.6) is 0 Å². The Morgan fingerprint density at radius 3 is 2.61 bits per heavy atom. The molecule has 2 unspecified atom stereocenters. The predicted molar refractivity (Wildman–Crippen MR) is 76.5 cm³/mol. The summed E-state index contributed by atoms with van der Waals surface area (Å²) in [5, 5.41) is 4.53. The van der Waals surface area contributed by atoms with Gasteiger partial charge >= 0.3 is 0 Å². The van der Waals surface area contributed by atoms with Crippen molar-refractivity contribution in [2.24, 2.45) is 0 Å². The normalized spacial score (nSPS) is 26.0. The molecule has 0 saturated carbocycles. The molecule has 2 nitrogen and oxygen atoms in total. The van der Waals surface area contributed by atoms with Gasteiger partial charge in [0, 0.05) is 6.61 Å². The summed E-state index contributed by atoms with van der Waals surface area (Å²) in [5.41, 5.74) is 0.945. The lowest BCUT2D eigenvalue weighted by atomic mass is 9.84. The minimum Gasteiger partial charge on any atom is -0.373 e. The average Bonchev–Trinajstić information content (AvgIpc) is 2.35. The van der Waals surface area contributed by atoms with Crippen LogP contribution in [0.2, 0.25) is 10.0 Å². The number of rotatable bonds is 3. The van der Waals surface area contributed by atoms with E-state index in [4.69, 9.17) is 27.9 Å². The van der Waals surface area contributed by atoms with E-state index in [0.29, 0.717) is 10.0 Å². The van der Waals surface area contributed by atoms with Crippen LogP contribution in [-0.4, -0.2) is 19.3 Å². The van der Waals surface area contributed by atoms with Crippen LogP contribution in [0.4, 0.5) is 0 Å². The molecular formula is C14H19Cl2NO. The highest BCUT2D eigenvalue weighted by atomic mass is 35.5. The zero-order valence-corrected chi connectivity index (χ0v) is 12.3. The molecule has 4 heteroatoms. The van der Waals surface area contributed by atoms with E-state index in [0.717, 1.165) is 25.0 Å². The zero-order valence-electron chi connectivity index (χ0n) is 10.8. The molecule has 0 radical (unpaired) electrons.